The van der Waals surface area contributed by atoms with Gasteiger partial charge in [-0.1, -0.05) is 39.3 Å². The van der Waals surface area contributed by atoms with Crippen molar-refractivity contribution in [2.45, 2.75) is 51.0 Å². The molecule has 1 saturated heterocycles. The Bertz CT molecular complexity index is 454. The lowest BCUT2D eigenvalue weighted by Gasteiger charge is -2.36. The Hall–Kier alpha value is -0.480. The quantitative estimate of drug-likeness (QED) is 0.775. The third-order valence-electron chi connectivity index (χ3n) is 3.31. The Balaban J connectivity index is 2.37. The Labute approximate surface area is 125 Å². The van der Waals surface area contributed by atoms with Crippen LogP contribution < -0.4 is 4.90 Å². The van der Waals surface area contributed by atoms with E-state index in [4.69, 9.17) is 16.6 Å². The first kappa shape index (κ1) is 14.9. The molecule has 0 N–H and O–H groups in total. The highest BCUT2D eigenvalue weighted by Crippen LogP contribution is 2.31. The van der Waals surface area contributed by atoms with Crippen LogP contribution in [0.15, 0.2) is 0 Å². The highest BCUT2D eigenvalue weighted by atomic mass is 35.5. The van der Waals surface area contributed by atoms with Gasteiger partial charge in [-0.15, -0.1) is 0 Å². The highest BCUT2D eigenvalue weighted by Gasteiger charge is 2.25. The number of halogens is 1. The van der Waals surface area contributed by atoms with Crippen LogP contribution >= 0.6 is 23.4 Å². The van der Waals surface area contributed by atoms with Crippen LogP contribution in [0.5, 0.6) is 0 Å². The van der Waals surface area contributed by atoms with Crippen molar-refractivity contribution in [2.24, 2.45) is 0 Å². The zero-order valence-corrected chi connectivity index (χ0v) is 13.8. The van der Waals surface area contributed by atoms with Gasteiger partial charge in [0.05, 0.1) is 0 Å². The molecule has 0 aliphatic carbocycles. The first-order valence-corrected chi connectivity index (χ1v) is 8.15. The summed E-state index contributed by atoms with van der Waals surface area (Å²) in [5.41, 5.74) is 0.998. The highest BCUT2D eigenvalue weighted by molar-refractivity contribution is 8.00. The lowest BCUT2D eigenvalue weighted by molar-refractivity contribution is 0.698. The van der Waals surface area contributed by atoms with Gasteiger partial charge in [-0.2, -0.15) is 11.8 Å². The third-order valence-corrected chi connectivity index (χ3v) is 4.91. The van der Waals surface area contributed by atoms with E-state index < -0.39 is 0 Å². The molecule has 1 aromatic rings. The van der Waals surface area contributed by atoms with Crippen LogP contribution in [-0.2, 0) is 0 Å². The Morgan fingerprint density at radius 2 is 1.79 bits per heavy atom. The van der Waals surface area contributed by atoms with Crippen LogP contribution in [0.4, 0.5) is 5.82 Å². The SMILES string of the molecule is Cc1c(Cl)nc(C(C)C)nc1N1CC(C)SC(C)C1. The van der Waals surface area contributed by atoms with Crippen molar-refractivity contribution < 1.29 is 0 Å². The smallest absolute Gasteiger partial charge is 0.137 e. The van der Waals surface area contributed by atoms with Crippen molar-refractivity contribution >= 4 is 29.2 Å². The molecule has 1 fully saturated rings. The van der Waals surface area contributed by atoms with Gasteiger partial charge in [0, 0.05) is 35.1 Å². The number of rotatable bonds is 2. The van der Waals surface area contributed by atoms with Crippen molar-refractivity contribution in [1.29, 1.82) is 0 Å². The summed E-state index contributed by atoms with van der Waals surface area (Å²) in [5, 5.41) is 1.84. The molecule has 0 amide bonds. The molecule has 106 valence electrons. The molecule has 5 heteroatoms. The van der Waals surface area contributed by atoms with Crippen LogP contribution in [0, 0.1) is 6.92 Å². The minimum absolute atomic E-state index is 0.297. The average Bonchev–Trinajstić information content (AvgIpc) is 2.30. The molecule has 1 aliphatic rings. The Morgan fingerprint density at radius 3 is 2.32 bits per heavy atom. The maximum Gasteiger partial charge on any atom is 0.137 e. The molecular weight excluding hydrogens is 278 g/mol. The maximum atomic E-state index is 6.27. The number of nitrogens with zero attached hydrogens (tertiary/aromatic N) is 3. The first-order valence-electron chi connectivity index (χ1n) is 6.83. The number of anilines is 1. The molecule has 3 nitrogen and oxygen atoms in total. The van der Waals surface area contributed by atoms with Gasteiger partial charge < -0.3 is 4.90 Å². The van der Waals surface area contributed by atoms with Crippen molar-refractivity contribution in [2.75, 3.05) is 18.0 Å². The minimum Gasteiger partial charge on any atom is -0.354 e. The maximum absolute atomic E-state index is 6.27. The second-order valence-electron chi connectivity index (χ2n) is 5.64. The number of aromatic nitrogens is 2. The standard InChI is InChI=1S/C14H22ClN3S/c1-8(2)13-16-12(15)11(5)14(17-13)18-6-9(3)19-10(4)7-18/h8-10H,6-7H2,1-5H3. The van der Waals surface area contributed by atoms with E-state index in [1.165, 1.54) is 0 Å². The zero-order valence-electron chi connectivity index (χ0n) is 12.3. The summed E-state index contributed by atoms with van der Waals surface area (Å²) in [5.74, 6) is 2.15. The van der Waals surface area contributed by atoms with E-state index in [0.29, 0.717) is 21.6 Å². The van der Waals surface area contributed by atoms with Crippen LogP contribution in [0.25, 0.3) is 0 Å². The van der Waals surface area contributed by atoms with E-state index in [0.717, 1.165) is 30.3 Å². The zero-order chi connectivity index (χ0) is 14.2. The van der Waals surface area contributed by atoms with Gasteiger partial charge in [0.15, 0.2) is 0 Å². The molecular formula is C14H22ClN3S. The van der Waals surface area contributed by atoms with Crippen LogP contribution in [-0.4, -0.2) is 33.6 Å². The normalized spacial score (nSPS) is 24.1. The summed E-state index contributed by atoms with van der Waals surface area (Å²) in [7, 11) is 0. The van der Waals surface area contributed by atoms with Gasteiger partial charge in [0.1, 0.15) is 16.8 Å². The van der Waals surface area contributed by atoms with E-state index in [-0.39, 0.29) is 0 Å². The van der Waals surface area contributed by atoms with Gasteiger partial charge in [-0.25, -0.2) is 9.97 Å². The van der Waals surface area contributed by atoms with Gasteiger partial charge >= 0.3 is 0 Å². The van der Waals surface area contributed by atoms with Gasteiger partial charge in [-0.05, 0) is 6.92 Å². The number of hydrogen-bond acceptors (Lipinski definition) is 4. The fraction of sp³-hybridized carbons (Fsp3) is 0.714. The molecule has 0 saturated carbocycles. The predicted molar refractivity (Wildman–Crippen MR) is 84.6 cm³/mol. The predicted octanol–water partition coefficient (Wildman–Crippen LogP) is 3.89. The number of hydrogen-bond donors (Lipinski definition) is 0. The first-order chi connectivity index (χ1) is 8.88. The van der Waals surface area contributed by atoms with Gasteiger partial charge in [0.2, 0.25) is 0 Å². The van der Waals surface area contributed by atoms with E-state index in [1.807, 2.05) is 18.7 Å². The number of thioether (sulfide) groups is 1. The molecule has 2 unspecified atom stereocenters. The summed E-state index contributed by atoms with van der Waals surface area (Å²) in [6.45, 7) is 12.8. The molecule has 2 rings (SSSR count). The molecule has 0 bridgehead atoms. The summed E-state index contributed by atoms with van der Waals surface area (Å²) >= 11 is 8.31. The van der Waals surface area contributed by atoms with Crippen LogP contribution in [0.1, 0.15) is 45.0 Å². The topological polar surface area (TPSA) is 29.0 Å². The van der Waals surface area contributed by atoms with Gasteiger partial charge in [-0.3, -0.25) is 0 Å². The lowest BCUT2D eigenvalue weighted by Crippen LogP contribution is -2.41. The lowest BCUT2D eigenvalue weighted by atomic mass is 10.2. The Morgan fingerprint density at radius 1 is 1.21 bits per heavy atom. The van der Waals surface area contributed by atoms with Crippen molar-refractivity contribution in [1.82, 2.24) is 9.97 Å². The molecule has 0 radical (unpaired) electrons. The minimum atomic E-state index is 0.297. The van der Waals surface area contributed by atoms with E-state index in [1.54, 1.807) is 0 Å². The fourth-order valence-electron chi connectivity index (χ4n) is 2.41. The molecule has 1 aromatic heterocycles. The summed E-state index contributed by atoms with van der Waals surface area (Å²) in [6, 6.07) is 0. The average molecular weight is 300 g/mol. The summed E-state index contributed by atoms with van der Waals surface area (Å²) in [4.78, 5) is 11.5. The fourth-order valence-corrected chi connectivity index (χ4v) is 3.91. The van der Waals surface area contributed by atoms with E-state index in [2.05, 4.69) is 37.6 Å². The molecule has 2 heterocycles. The third kappa shape index (κ3) is 3.34. The van der Waals surface area contributed by atoms with Crippen molar-refractivity contribution in [3.63, 3.8) is 0 Å². The largest absolute Gasteiger partial charge is 0.354 e. The van der Waals surface area contributed by atoms with Crippen LogP contribution in [0.3, 0.4) is 0 Å². The second-order valence-corrected chi connectivity index (χ2v) is 7.88. The molecule has 1 aliphatic heterocycles. The van der Waals surface area contributed by atoms with Crippen molar-refractivity contribution in [3.05, 3.63) is 16.5 Å². The van der Waals surface area contributed by atoms with Gasteiger partial charge in [0.25, 0.3) is 0 Å². The second kappa shape index (κ2) is 5.88. The molecule has 2 atom stereocenters. The van der Waals surface area contributed by atoms with E-state index >= 15 is 0 Å². The summed E-state index contributed by atoms with van der Waals surface area (Å²) in [6.07, 6.45) is 0. The van der Waals surface area contributed by atoms with E-state index in [9.17, 15) is 0 Å². The summed E-state index contributed by atoms with van der Waals surface area (Å²) < 4.78 is 0. The monoisotopic (exact) mass is 299 g/mol. The van der Waals surface area contributed by atoms with Crippen molar-refractivity contribution in [3.8, 4) is 0 Å². The molecule has 0 spiro atoms. The molecule has 0 aromatic carbocycles. The van der Waals surface area contributed by atoms with Crippen LogP contribution in [0.2, 0.25) is 5.15 Å². The molecule has 19 heavy (non-hydrogen) atoms. The Kier molecular flexibility index (Phi) is 4.62.